The van der Waals surface area contributed by atoms with Gasteiger partial charge in [-0.2, -0.15) is 0 Å². The molecule has 1 aromatic carbocycles. The fourth-order valence-electron chi connectivity index (χ4n) is 2.43. The summed E-state index contributed by atoms with van der Waals surface area (Å²) < 4.78 is 5.23. The van der Waals surface area contributed by atoms with E-state index in [1.807, 2.05) is 45.3 Å². The minimum Gasteiger partial charge on any atom is -0.497 e. The van der Waals surface area contributed by atoms with Crippen LogP contribution in [0.4, 0.5) is 0 Å². The van der Waals surface area contributed by atoms with Crippen molar-refractivity contribution < 1.29 is 9.84 Å². The molecule has 1 N–H and O–H groups in total. The number of rotatable bonds is 6. The lowest BCUT2D eigenvalue weighted by molar-refractivity contribution is -0.0293. The molecule has 3 nitrogen and oxygen atoms in total. The Morgan fingerprint density at radius 1 is 1.37 bits per heavy atom. The first-order valence-electron chi connectivity index (χ1n) is 6.45. The lowest BCUT2D eigenvalue weighted by atomic mass is 9.80. The van der Waals surface area contributed by atoms with Gasteiger partial charge in [-0.25, -0.2) is 0 Å². The first kappa shape index (κ1) is 18.2. The van der Waals surface area contributed by atoms with Gasteiger partial charge in [-0.1, -0.05) is 26.0 Å². The molecular formula is C15H26ClNO2. The molecule has 4 heteroatoms. The SMILES string of the molecule is CCC(O)(c1cccc(OC)c1)C(C)CN(C)C.Cl. The number of methoxy groups -OCH3 is 1. The van der Waals surface area contributed by atoms with E-state index in [1.165, 1.54) is 0 Å². The van der Waals surface area contributed by atoms with Crippen LogP contribution in [-0.2, 0) is 5.60 Å². The van der Waals surface area contributed by atoms with Gasteiger partial charge in [0.05, 0.1) is 12.7 Å². The first-order valence-corrected chi connectivity index (χ1v) is 6.45. The van der Waals surface area contributed by atoms with Gasteiger partial charge in [0, 0.05) is 12.5 Å². The summed E-state index contributed by atoms with van der Waals surface area (Å²) in [6.07, 6.45) is 0.690. The highest BCUT2D eigenvalue weighted by Crippen LogP contribution is 2.34. The number of halogens is 1. The predicted octanol–water partition coefficient (Wildman–Crippen LogP) is 2.91. The Hall–Kier alpha value is -0.770. The summed E-state index contributed by atoms with van der Waals surface area (Å²) in [5, 5.41) is 10.9. The molecule has 0 aliphatic carbocycles. The van der Waals surface area contributed by atoms with E-state index < -0.39 is 5.60 Å². The van der Waals surface area contributed by atoms with Gasteiger partial charge in [-0.15, -0.1) is 12.4 Å². The maximum atomic E-state index is 10.9. The van der Waals surface area contributed by atoms with Crippen molar-refractivity contribution >= 4 is 12.4 Å². The van der Waals surface area contributed by atoms with E-state index in [1.54, 1.807) is 7.11 Å². The smallest absolute Gasteiger partial charge is 0.119 e. The minimum absolute atomic E-state index is 0. The van der Waals surface area contributed by atoms with E-state index in [-0.39, 0.29) is 18.3 Å². The molecule has 2 unspecified atom stereocenters. The van der Waals surface area contributed by atoms with Gasteiger partial charge in [0.1, 0.15) is 5.75 Å². The highest BCUT2D eigenvalue weighted by Gasteiger charge is 2.34. The average molecular weight is 288 g/mol. The fourth-order valence-corrected chi connectivity index (χ4v) is 2.43. The van der Waals surface area contributed by atoms with Crippen molar-refractivity contribution in [3.05, 3.63) is 29.8 Å². The molecule has 1 aromatic rings. The maximum Gasteiger partial charge on any atom is 0.119 e. The summed E-state index contributed by atoms with van der Waals surface area (Å²) >= 11 is 0. The summed E-state index contributed by atoms with van der Waals surface area (Å²) in [6, 6.07) is 7.72. The van der Waals surface area contributed by atoms with Gasteiger partial charge in [-0.05, 0) is 38.2 Å². The number of aliphatic hydroxyl groups is 1. The van der Waals surface area contributed by atoms with E-state index in [2.05, 4.69) is 11.8 Å². The molecule has 0 radical (unpaired) electrons. The second-order valence-electron chi connectivity index (χ2n) is 5.17. The topological polar surface area (TPSA) is 32.7 Å². The fraction of sp³-hybridized carbons (Fsp3) is 0.600. The van der Waals surface area contributed by atoms with Crippen molar-refractivity contribution in [2.24, 2.45) is 5.92 Å². The van der Waals surface area contributed by atoms with Crippen LogP contribution in [0, 0.1) is 5.92 Å². The van der Waals surface area contributed by atoms with E-state index in [0.29, 0.717) is 6.42 Å². The second-order valence-corrected chi connectivity index (χ2v) is 5.17. The molecular weight excluding hydrogens is 262 g/mol. The van der Waals surface area contributed by atoms with Crippen molar-refractivity contribution in [3.63, 3.8) is 0 Å². The lowest BCUT2D eigenvalue weighted by Gasteiger charge is -2.35. The Bertz CT molecular complexity index is 384. The second kappa shape index (κ2) is 7.73. The molecule has 0 spiro atoms. The van der Waals surface area contributed by atoms with Crippen molar-refractivity contribution in [2.45, 2.75) is 25.9 Å². The molecule has 2 atom stereocenters. The Labute approximate surface area is 123 Å². The highest BCUT2D eigenvalue weighted by molar-refractivity contribution is 5.85. The van der Waals surface area contributed by atoms with Crippen LogP contribution in [0.1, 0.15) is 25.8 Å². The predicted molar refractivity (Wildman–Crippen MR) is 82.1 cm³/mol. The Kier molecular flexibility index (Phi) is 7.42. The summed E-state index contributed by atoms with van der Waals surface area (Å²) in [6.45, 7) is 4.95. The Balaban J connectivity index is 0.00000324. The molecule has 0 saturated heterocycles. The molecule has 0 bridgehead atoms. The minimum atomic E-state index is -0.807. The van der Waals surface area contributed by atoms with E-state index in [9.17, 15) is 5.11 Å². The molecule has 0 aliphatic rings. The molecule has 0 amide bonds. The third-order valence-corrected chi connectivity index (χ3v) is 3.56. The van der Waals surface area contributed by atoms with Crippen LogP contribution >= 0.6 is 12.4 Å². The molecule has 0 fully saturated rings. The third kappa shape index (κ3) is 4.37. The Morgan fingerprint density at radius 2 is 2.00 bits per heavy atom. The van der Waals surface area contributed by atoms with Crippen molar-refractivity contribution in [1.82, 2.24) is 4.90 Å². The van der Waals surface area contributed by atoms with Gasteiger partial charge in [-0.3, -0.25) is 0 Å². The van der Waals surface area contributed by atoms with Gasteiger partial charge < -0.3 is 14.7 Å². The summed E-state index contributed by atoms with van der Waals surface area (Å²) in [4.78, 5) is 2.10. The Morgan fingerprint density at radius 3 is 2.47 bits per heavy atom. The van der Waals surface area contributed by atoms with Crippen LogP contribution in [-0.4, -0.2) is 37.8 Å². The van der Waals surface area contributed by atoms with Crippen LogP contribution in [0.25, 0.3) is 0 Å². The summed E-state index contributed by atoms with van der Waals surface area (Å²) in [5.41, 5.74) is 0.123. The first-order chi connectivity index (χ1) is 8.43. The number of benzene rings is 1. The van der Waals surface area contributed by atoms with Crippen molar-refractivity contribution in [3.8, 4) is 5.75 Å². The quantitative estimate of drug-likeness (QED) is 0.873. The van der Waals surface area contributed by atoms with Crippen LogP contribution in [0.3, 0.4) is 0 Å². The van der Waals surface area contributed by atoms with E-state index in [0.717, 1.165) is 17.9 Å². The van der Waals surface area contributed by atoms with Crippen molar-refractivity contribution in [2.75, 3.05) is 27.7 Å². The maximum absolute atomic E-state index is 10.9. The zero-order chi connectivity index (χ0) is 13.8. The van der Waals surface area contributed by atoms with Gasteiger partial charge in [0.15, 0.2) is 0 Å². The van der Waals surface area contributed by atoms with Crippen LogP contribution < -0.4 is 4.74 Å². The molecule has 0 saturated carbocycles. The summed E-state index contributed by atoms with van der Waals surface area (Å²) in [5.74, 6) is 0.945. The zero-order valence-electron chi connectivity index (χ0n) is 12.5. The van der Waals surface area contributed by atoms with Crippen LogP contribution in [0.2, 0.25) is 0 Å². The van der Waals surface area contributed by atoms with Crippen LogP contribution in [0.15, 0.2) is 24.3 Å². The molecule has 0 heterocycles. The molecule has 0 aromatic heterocycles. The van der Waals surface area contributed by atoms with Crippen molar-refractivity contribution in [1.29, 1.82) is 0 Å². The number of ether oxygens (including phenoxy) is 1. The molecule has 0 aliphatic heterocycles. The van der Waals surface area contributed by atoms with E-state index >= 15 is 0 Å². The number of nitrogens with zero attached hydrogens (tertiary/aromatic N) is 1. The lowest BCUT2D eigenvalue weighted by Crippen LogP contribution is -2.38. The van der Waals surface area contributed by atoms with Crippen LogP contribution in [0.5, 0.6) is 5.75 Å². The van der Waals surface area contributed by atoms with E-state index in [4.69, 9.17) is 4.74 Å². The van der Waals surface area contributed by atoms with Gasteiger partial charge in [0.2, 0.25) is 0 Å². The highest BCUT2D eigenvalue weighted by atomic mass is 35.5. The number of hydrogen-bond acceptors (Lipinski definition) is 3. The largest absolute Gasteiger partial charge is 0.497 e. The van der Waals surface area contributed by atoms with Gasteiger partial charge >= 0.3 is 0 Å². The molecule has 19 heavy (non-hydrogen) atoms. The summed E-state index contributed by atoms with van der Waals surface area (Å²) in [7, 11) is 5.70. The van der Waals surface area contributed by atoms with Gasteiger partial charge in [0.25, 0.3) is 0 Å². The average Bonchev–Trinajstić information content (AvgIpc) is 2.37. The number of hydrogen-bond donors (Lipinski definition) is 1. The molecule has 1 rings (SSSR count). The standard InChI is InChI=1S/C15H25NO2.ClH/c1-6-15(17,12(2)11-16(3)4)13-8-7-9-14(10-13)18-5;/h7-10,12,17H,6,11H2,1-5H3;1H. The molecule has 110 valence electrons. The monoisotopic (exact) mass is 287 g/mol. The third-order valence-electron chi connectivity index (χ3n) is 3.56. The zero-order valence-corrected chi connectivity index (χ0v) is 13.3. The normalized spacial score (nSPS) is 15.5.